The maximum absolute atomic E-state index is 12.8. The van der Waals surface area contributed by atoms with E-state index >= 15 is 0 Å². The average Bonchev–Trinajstić information content (AvgIpc) is 3.18. The molecule has 0 bridgehead atoms. The van der Waals surface area contributed by atoms with E-state index in [-0.39, 0.29) is 11.6 Å². The van der Waals surface area contributed by atoms with Gasteiger partial charge in [-0.3, -0.25) is 14.9 Å². The Balaban J connectivity index is 1.81. The normalized spacial score (nSPS) is 10.9. The molecule has 0 spiro atoms. The lowest BCUT2D eigenvalue weighted by Crippen LogP contribution is -2.28. The van der Waals surface area contributed by atoms with Gasteiger partial charge >= 0.3 is 0 Å². The lowest BCUT2D eigenvalue weighted by atomic mass is 10.1. The maximum atomic E-state index is 12.8. The summed E-state index contributed by atoms with van der Waals surface area (Å²) in [5.41, 5.74) is 2.58. The van der Waals surface area contributed by atoms with Gasteiger partial charge < -0.3 is 9.32 Å². The zero-order valence-electron chi connectivity index (χ0n) is 14.7. The third-order valence-corrected chi connectivity index (χ3v) is 4.03. The highest BCUT2D eigenvalue weighted by Gasteiger charge is 2.15. The second-order valence-corrected chi connectivity index (χ2v) is 6.02. The molecule has 0 radical (unpaired) electrons. The van der Waals surface area contributed by atoms with E-state index in [9.17, 15) is 14.9 Å². The molecule has 2 aromatic carbocycles. The second-order valence-electron chi connectivity index (χ2n) is 6.02. The number of hydrogen-bond donors (Lipinski definition) is 0. The fourth-order valence-corrected chi connectivity index (χ4v) is 2.54. The van der Waals surface area contributed by atoms with Gasteiger partial charge in [-0.25, -0.2) is 0 Å². The summed E-state index contributed by atoms with van der Waals surface area (Å²) >= 11 is 0. The van der Waals surface area contributed by atoms with Gasteiger partial charge in [0.05, 0.1) is 17.7 Å². The monoisotopic (exact) mass is 362 g/mol. The van der Waals surface area contributed by atoms with Crippen LogP contribution in [0.2, 0.25) is 0 Å². The van der Waals surface area contributed by atoms with Gasteiger partial charge in [-0.05, 0) is 55.0 Å². The summed E-state index contributed by atoms with van der Waals surface area (Å²) in [6.07, 6.45) is 4.65. The van der Waals surface area contributed by atoms with Crippen molar-refractivity contribution in [2.24, 2.45) is 0 Å². The first-order chi connectivity index (χ1) is 13.0. The number of nitro benzene ring substituents is 1. The molecule has 27 heavy (non-hydrogen) atoms. The van der Waals surface area contributed by atoms with Gasteiger partial charge in [0.1, 0.15) is 5.76 Å². The van der Waals surface area contributed by atoms with E-state index in [0.717, 1.165) is 11.3 Å². The molecule has 1 amide bonds. The summed E-state index contributed by atoms with van der Waals surface area (Å²) in [7, 11) is 0. The van der Waals surface area contributed by atoms with Crippen molar-refractivity contribution in [1.29, 1.82) is 0 Å². The van der Waals surface area contributed by atoms with Crippen LogP contribution in [-0.4, -0.2) is 10.8 Å². The lowest BCUT2D eigenvalue weighted by Gasteiger charge is -2.20. The van der Waals surface area contributed by atoms with Gasteiger partial charge in [0.25, 0.3) is 11.6 Å². The van der Waals surface area contributed by atoms with Crippen molar-refractivity contribution in [3.8, 4) is 0 Å². The molecule has 136 valence electrons. The first kappa shape index (κ1) is 18.1. The zero-order valence-corrected chi connectivity index (χ0v) is 14.7. The van der Waals surface area contributed by atoms with E-state index in [2.05, 4.69) is 0 Å². The van der Waals surface area contributed by atoms with Gasteiger partial charge in [0, 0.05) is 23.9 Å². The number of rotatable bonds is 6. The highest BCUT2D eigenvalue weighted by Crippen LogP contribution is 2.20. The molecule has 0 aliphatic rings. The van der Waals surface area contributed by atoms with Crippen LogP contribution in [0.4, 0.5) is 11.4 Å². The molecular weight excluding hydrogens is 344 g/mol. The Labute approximate surface area is 156 Å². The molecule has 0 unspecified atom stereocenters. The zero-order chi connectivity index (χ0) is 19.2. The summed E-state index contributed by atoms with van der Waals surface area (Å²) in [6.45, 7) is 2.29. The molecule has 1 heterocycles. The minimum Gasteiger partial charge on any atom is -0.467 e. The minimum absolute atomic E-state index is 0.0116. The standard InChI is InChI=1S/C21H18N2O4/c1-16-4-9-18(10-5-16)22(15-20-3-2-14-27-20)21(24)13-8-17-6-11-19(12-7-17)23(25)26/h2-14H,15H2,1H3/b13-8+. The summed E-state index contributed by atoms with van der Waals surface area (Å²) in [5.74, 6) is 0.460. The second kappa shape index (κ2) is 8.14. The first-order valence-electron chi connectivity index (χ1n) is 8.36. The molecule has 0 aliphatic heterocycles. The molecule has 0 saturated carbocycles. The predicted octanol–water partition coefficient (Wildman–Crippen LogP) is 4.74. The van der Waals surface area contributed by atoms with Crippen LogP contribution >= 0.6 is 0 Å². The molecule has 3 aromatic rings. The van der Waals surface area contributed by atoms with Crippen molar-refractivity contribution in [1.82, 2.24) is 0 Å². The van der Waals surface area contributed by atoms with Gasteiger partial charge in [-0.2, -0.15) is 0 Å². The molecule has 0 fully saturated rings. The number of benzene rings is 2. The minimum atomic E-state index is -0.457. The third kappa shape index (κ3) is 4.70. The summed E-state index contributed by atoms with van der Waals surface area (Å²) < 4.78 is 5.38. The quantitative estimate of drug-likeness (QED) is 0.360. The SMILES string of the molecule is Cc1ccc(N(Cc2ccco2)C(=O)/C=C/c2ccc([N+](=O)[O-])cc2)cc1. The lowest BCUT2D eigenvalue weighted by molar-refractivity contribution is -0.384. The smallest absolute Gasteiger partial charge is 0.269 e. The summed E-state index contributed by atoms with van der Waals surface area (Å²) in [4.78, 5) is 24.7. The molecule has 6 heteroatoms. The Bertz CT molecular complexity index is 943. The molecule has 0 N–H and O–H groups in total. The number of nitrogens with zero attached hydrogens (tertiary/aromatic N) is 2. The molecule has 3 rings (SSSR count). The summed E-state index contributed by atoms with van der Waals surface area (Å²) in [5, 5.41) is 10.7. The van der Waals surface area contributed by atoms with E-state index in [1.54, 1.807) is 35.4 Å². The van der Waals surface area contributed by atoms with Crippen LogP contribution in [0.25, 0.3) is 6.08 Å². The average molecular weight is 362 g/mol. The largest absolute Gasteiger partial charge is 0.467 e. The van der Waals surface area contributed by atoms with Gasteiger partial charge in [-0.1, -0.05) is 17.7 Å². The van der Waals surface area contributed by atoms with Crippen molar-refractivity contribution in [3.63, 3.8) is 0 Å². The van der Waals surface area contributed by atoms with Gasteiger partial charge in [0.15, 0.2) is 0 Å². The van der Waals surface area contributed by atoms with E-state index in [1.807, 2.05) is 37.3 Å². The molecular formula is C21H18N2O4. The van der Waals surface area contributed by atoms with Crippen LogP contribution in [-0.2, 0) is 11.3 Å². The number of non-ortho nitro benzene ring substituents is 1. The molecule has 0 saturated heterocycles. The van der Waals surface area contributed by atoms with Crippen LogP contribution in [0.5, 0.6) is 0 Å². The predicted molar refractivity (Wildman–Crippen MR) is 103 cm³/mol. The number of anilines is 1. The number of furan rings is 1. The third-order valence-electron chi connectivity index (χ3n) is 4.03. The fraction of sp³-hybridized carbons (Fsp3) is 0.0952. The Morgan fingerprint density at radius 2 is 1.81 bits per heavy atom. The van der Waals surface area contributed by atoms with E-state index in [0.29, 0.717) is 17.9 Å². The topological polar surface area (TPSA) is 76.6 Å². The number of nitro groups is 1. The first-order valence-corrected chi connectivity index (χ1v) is 8.36. The molecule has 0 aliphatic carbocycles. The number of carbonyl (C=O) groups is 1. The molecule has 0 atom stereocenters. The number of carbonyl (C=O) groups excluding carboxylic acids is 1. The van der Waals surface area contributed by atoms with E-state index < -0.39 is 4.92 Å². The highest BCUT2D eigenvalue weighted by molar-refractivity contribution is 6.03. The summed E-state index contributed by atoms with van der Waals surface area (Å²) in [6, 6.07) is 17.3. The molecule has 6 nitrogen and oxygen atoms in total. The molecule has 1 aromatic heterocycles. The Kier molecular flexibility index (Phi) is 5.47. The van der Waals surface area contributed by atoms with Crippen LogP contribution in [0.1, 0.15) is 16.9 Å². The Morgan fingerprint density at radius 3 is 2.41 bits per heavy atom. The van der Waals surface area contributed by atoms with Crippen LogP contribution in [0.3, 0.4) is 0 Å². The van der Waals surface area contributed by atoms with E-state index in [4.69, 9.17) is 4.42 Å². The van der Waals surface area contributed by atoms with E-state index in [1.165, 1.54) is 18.2 Å². The Morgan fingerprint density at radius 1 is 1.11 bits per heavy atom. The Hall–Kier alpha value is -3.67. The number of aryl methyl sites for hydroxylation is 1. The van der Waals surface area contributed by atoms with Gasteiger partial charge in [0.2, 0.25) is 0 Å². The van der Waals surface area contributed by atoms with Crippen molar-refractivity contribution < 1.29 is 14.1 Å². The van der Waals surface area contributed by atoms with Crippen molar-refractivity contribution in [2.45, 2.75) is 13.5 Å². The van der Waals surface area contributed by atoms with Crippen molar-refractivity contribution in [2.75, 3.05) is 4.90 Å². The number of hydrogen-bond acceptors (Lipinski definition) is 4. The number of amides is 1. The van der Waals surface area contributed by atoms with Crippen LogP contribution in [0.15, 0.2) is 77.4 Å². The maximum Gasteiger partial charge on any atom is 0.269 e. The van der Waals surface area contributed by atoms with Crippen LogP contribution in [0, 0.1) is 17.0 Å². The highest BCUT2D eigenvalue weighted by atomic mass is 16.6. The van der Waals surface area contributed by atoms with Crippen molar-refractivity contribution >= 4 is 23.4 Å². The van der Waals surface area contributed by atoms with Gasteiger partial charge in [-0.15, -0.1) is 0 Å². The van der Waals surface area contributed by atoms with Crippen LogP contribution < -0.4 is 4.90 Å². The van der Waals surface area contributed by atoms with Crippen molar-refractivity contribution in [3.05, 3.63) is 100 Å². The fourth-order valence-electron chi connectivity index (χ4n) is 2.54.